The Morgan fingerprint density at radius 2 is 2.07 bits per heavy atom. The summed E-state index contributed by atoms with van der Waals surface area (Å²) in [6.45, 7) is 3.76. The smallest absolute Gasteiger partial charge is 0.237 e. The highest BCUT2D eigenvalue weighted by atomic mass is 35.5. The molecule has 0 radical (unpaired) electrons. The zero-order chi connectivity index (χ0) is 19.4. The number of carbonyl (C=O) groups excluding carboxylic acids is 1. The largest absolute Gasteiger partial charge is 0.495 e. The standard InChI is InChI=1S/C19H19ClN4O2S/c1-12-8-9-14(10-15(12)20)24-11-21-23-19(24)27-13(2)18(25)22-16-6-4-5-7-17(16)26-3/h4-11,13H,1-3H3,(H,22,25). The van der Waals surface area contributed by atoms with Gasteiger partial charge in [-0.1, -0.05) is 41.6 Å². The van der Waals surface area contributed by atoms with Gasteiger partial charge in [0.1, 0.15) is 12.1 Å². The van der Waals surface area contributed by atoms with E-state index in [1.165, 1.54) is 11.8 Å². The van der Waals surface area contributed by atoms with E-state index in [2.05, 4.69) is 15.5 Å². The van der Waals surface area contributed by atoms with Crippen molar-refractivity contribution >= 4 is 35.0 Å². The van der Waals surface area contributed by atoms with E-state index in [1.807, 2.05) is 48.7 Å². The van der Waals surface area contributed by atoms with E-state index in [1.54, 1.807) is 25.6 Å². The summed E-state index contributed by atoms with van der Waals surface area (Å²) in [6, 6.07) is 13.0. The second-order valence-electron chi connectivity index (χ2n) is 5.87. The Kier molecular flexibility index (Phi) is 6.03. The monoisotopic (exact) mass is 402 g/mol. The highest BCUT2D eigenvalue weighted by Crippen LogP contribution is 2.28. The molecule has 6 nitrogen and oxygen atoms in total. The normalized spacial score (nSPS) is 11.9. The number of amides is 1. The van der Waals surface area contributed by atoms with Crippen molar-refractivity contribution in [1.29, 1.82) is 0 Å². The highest BCUT2D eigenvalue weighted by molar-refractivity contribution is 8.00. The van der Waals surface area contributed by atoms with Crippen LogP contribution in [0.2, 0.25) is 5.02 Å². The van der Waals surface area contributed by atoms with E-state index in [4.69, 9.17) is 16.3 Å². The number of para-hydroxylation sites is 2. The number of methoxy groups -OCH3 is 1. The molecule has 3 aromatic rings. The summed E-state index contributed by atoms with van der Waals surface area (Å²) in [5.74, 6) is 0.460. The third-order valence-electron chi connectivity index (χ3n) is 3.97. The first-order valence-electron chi connectivity index (χ1n) is 8.26. The first-order chi connectivity index (χ1) is 13.0. The number of aromatic nitrogens is 3. The zero-order valence-corrected chi connectivity index (χ0v) is 16.7. The van der Waals surface area contributed by atoms with Crippen LogP contribution in [0.4, 0.5) is 5.69 Å². The lowest BCUT2D eigenvalue weighted by molar-refractivity contribution is -0.115. The number of hydrogen-bond acceptors (Lipinski definition) is 5. The fourth-order valence-corrected chi connectivity index (χ4v) is 3.42. The van der Waals surface area contributed by atoms with Crippen LogP contribution in [0.25, 0.3) is 5.69 Å². The number of ether oxygens (including phenoxy) is 1. The Balaban J connectivity index is 1.75. The van der Waals surface area contributed by atoms with E-state index in [-0.39, 0.29) is 5.91 Å². The van der Waals surface area contributed by atoms with Gasteiger partial charge >= 0.3 is 0 Å². The summed E-state index contributed by atoms with van der Waals surface area (Å²) < 4.78 is 7.08. The molecule has 0 bridgehead atoms. The van der Waals surface area contributed by atoms with Gasteiger partial charge in [0.2, 0.25) is 5.91 Å². The number of benzene rings is 2. The molecule has 8 heteroatoms. The van der Waals surface area contributed by atoms with Crippen molar-refractivity contribution in [2.45, 2.75) is 24.3 Å². The minimum Gasteiger partial charge on any atom is -0.495 e. The molecule has 0 aliphatic carbocycles. The van der Waals surface area contributed by atoms with E-state index in [0.717, 1.165) is 11.3 Å². The molecule has 0 spiro atoms. The molecule has 3 rings (SSSR count). The maximum absolute atomic E-state index is 12.6. The predicted molar refractivity (Wildman–Crippen MR) is 108 cm³/mol. The number of hydrogen-bond donors (Lipinski definition) is 1. The Hall–Kier alpha value is -2.51. The molecule has 1 unspecified atom stereocenters. The summed E-state index contributed by atoms with van der Waals surface area (Å²) in [6.07, 6.45) is 1.61. The molecule has 0 aliphatic heterocycles. The van der Waals surface area contributed by atoms with Crippen LogP contribution in [0, 0.1) is 6.92 Å². The minimum absolute atomic E-state index is 0.152. The van der Waals surface area contributed by atoms with Crippen molar-refractivity contribution in [1.82, 2.24) is 14.8 Å². The second-order valence-corrected chi connectivity index (χ2v) is 7.58. The lowest BCUT2D eigenvalue weighted by Gasteiger charge is -2.14. The molecule has 2 aromatic carbocycles. The molecule has 140 valence electrons. The summed E-state index contributed by atoms with van der Waals surface area (Å²) >= 11 is 7.54. The molecule has 1 heterocycles. The average Bonchev–Trinajstić information content (AvgIpc) is 3.12. The minimum atomic E-state index is -0.390. The molecule has 1 atom stereocenters. The van der Waals surface area contributed by atoms with Crippen LogP contribution >= 0.6 is 23.4 Å². The molecule has 0 saturated heterocycles. The molecule has 0 saturated carbocycles. The number of halogens is 1. The van der Waals surface area contributed by atoms with E-state index in [0.29, 0.717) is 21.6 Å². The van der Waals surface area contributed by atoms with Crippen LogP contribution in [-0.4, -0.2) is 33.0 Å². The highest BCUT2D eigenvalue weighted by Gasteiger charge is 2.19. The first kappa shape index (κ1) is 19.3. The molecule has 1 amide bonds. The number of nitrogens with zero attached hydrogens (tertiary/aromatic N) is 3. The predicted octanol–water partition coefficient (Wildman–Crippen LogP) is 4.36. The van der Waals surface area contributed by atoms with Crippen molar-refractivity contribution in [3.05, 3.63) is 59.4 Å². The van der Waals surface area contributed by atoms with Gasteiger partial charge < -0.3 is 10.1 Å². The maximum atomic E-state index is 12.6. The molecule has 1 aromatic heterocycles. The van der Waals surface area contributed by atoms with Crippen LogP contribution in [-0.2, 0) is 4.79 Å². The molecular formula is C19H19ClN4O2S. The SMILES string of the molecule is COc1ccccc1NC(=O)C(C)Sc1nncn1-c1ccc(C)c(Cl)c1. The molecule has 0 fully saturated rings. The molecule has 0 aliphatic rings. The van der Waals surface area contributed by atoms with Crippen LogP contribution in [0.15, 0.2) is 53.9 Å². The first-order valence-corrected chi connectivity index (χ1v) is 9.52. The Bertz CT molecular complexity index is 960. The van der Waals surface area contributed by atoms with Crippen molar-refractivity contribution in [2.75, 3.05) is 12.4 Å². The summed E-state index contributed by atoms with van der Waals surface area (Å²) in [5, 5.41) is 11.9. The molecular weight excluding hydrogens is 384 g/mol. The van der Waals surface area contributed by atoms with Crippen molar-refractivity contribution in [3.8, 4) is 11.4 Å². The van der Waals surface area contributed by atoms with Crippen molar-refractivity contribution in [2.24, 2.45) is 0 Å². The number of thioether (sulfide) groups is 1. The second kappa shape index (κ2) is 8.45. The van der Waals surface area contributed by atoms with Gasteiger partial charge in [-0.25, -0.2) is 0 Å². The number of anilines is 1. The average molecular weight is 403 g/mol. The summed E-state index contributed by atoms with van der Waals surface area (Å²) in [4.78, 5) is 12.6. The van der Waals surface area contributed by atoms with Gasteiger partial charge in [-0.3, -0.25) is 9.36 Å². The summed E-state index contributed by atoms with van der Waals surface area (Å²) in [7, 11) is 1.57. The number of rotatable bonds is 6. The van der Waals surface area contributed by atoms with Gasteiger partial charge in [-0.2, -0.15) is 0 Å². The van der Waals surface area contributed by atoms with Gasteiger partial charge in [0.25, 0.3) is 0 Å². The number of nitrogens with one attached hydrogen (secondary N) is 1. The van der Waals surface area contributed by atoms with E-state index < -0.39 is 5.25 Å². The lowest BCUT2D eigenvalue weighted by Crippen LogP contribution is -2.23. The molecule has 27 heavy (non-hydrogen) atoms. The number of aryl methyl sites for hydroxylation is 1. The third-order valence-corrected chi connectivity index (χ3v) is 5.43. The Morgan fingerprint density at radius 1 is 1.30 bits per heavy atom. The fraction of sp³-hybridized carbons (Fsp3) is 0.211. The van der Waals surface area contributed by atoms with Gasteiger partial charge in [0, 0.05) is 5.02 Å². The van der Waals surface area contributed by atoms with E-state index >= 15 is 0 Å². The van der Waals surface area contributed by atoms with E-state index in [9.17, 15) is 4.79 Å². The van der Waals surface area contributed by atoms with Crippen molar-refractivity contribution < 1.29 is 9.53 Å². The van der Waals surface area contributed by atoms with Crippen molar-refractivity contribution in [3.63, 3.8) is 0 Å². The maximum Gasteiger partial charge on any atom is 0.237 e. The van der Waals surface area contributed by atoms with Crippen LogP contribution in [0.1, 0.15) is 12.5 Å². The zero-order valence-electron chi connectivity index (χ0n) is 15.1. The quantitative estimate of drug-likeness (QED) is 0.620. The Morgan fingerprint density at radius 3 is 2.81 bits per heavy atom. The van der Waals surface area contributed by atoms with Crippen LogP contribution < -0.4 is 10.1 Å². The van der Waals surface area contributed by atoms with Gasteiger partial charge in [0.15, 0.2) is 5.16 Å². The fourth-order valence-electron chi connectivity index (χ4n) is 2.41. The Labute approximate surface area is 166 Å². The van der Waals surface area contributed by atoms with Gasteiger partial charge in [-0.15, -0.1) is 10.2 Å². The van der Waals surface area contributed by atoms with Gasteiger partial charge in [-0.05, 0) is 43.7 Å². The lowest BCUT2D eigenvalue weighted by atomic mass is 10.2. The van der Waals surface area contributed by atoms with Gasteiger partial charge in [0.05, 0.1) is 23.7 Å². The topological polar surface area (TPSA) is 69.0 Å². The van der Waals surface area contributed by atoms with Crippen LogP contribution in [0.5, 0.6) is 5.75 Å². The summed E-state index contributed by atoms with van der Waals surface area (Å²) in [5.41, 5.74) is 2.46. The third kappa shape index (κ3) is 4.43. The molecule has 1 N–H and O–H groups in total. The number of carbonyl (C=O) groups is 1. The van der Waals surface area contributed by atoms with Crippen LogP contribution in [0.3, 0.4) is 0 Å².